The molecule has 1 aliphatic carbocycles. The average molecular weight is 231 g/mol. The molecule has 0 amide bonds. The minimum absolute atomic E-state index is 0.604. The molecule has 0 unspecified atom stereocenters. The van der Waals surface area contributed by atoms with E-state index in [9.17, 15) is 0 Å². The number of nitrogens with one attached hydrogen (secondary N) is 1. The molecule has 1 N–H and O–H groups in total. The van der Waals surface area contributed by atoms with Crippen molar-refractivity contribution in [2.75, 3.05) is 13.1 Å². The van der Waals surface area contributed by atoms with Crippen molar-refractivity contribution in [1.29, 1.82) is 0 Å². The normalized spacial score (nSPS) is 21.6. The van der Waals surface area contributed by atoms with Crippen LogP contribution < -0.4 is 5.32 Å². The van der Waals surface area contributed by atoms with Gasteiger partial charge in [0.2, 0.25) is 0 Å². The fourth-order valence-corrected chi connectivity index (χ4v) is 2.71. The second-order valence-electron chi connectivity index (χ2n) is 5.27. The van der Waals surface area contributed by atoms with Crippen molar-refractivity contribution in [2.24, 2.45) is 0 Å². The molecule has 0 bridgehead atoms. The SMILES string of the molecule is C=CCc1cn(C2CCNCC2)nc1C1CC1. The topological polar surface area (TPSA) is 29.9 Å². The maximum absolute atomic E-state index is 4.86. The predicted molar refractivity (Wildman–Crippen MR) is 69.2 cm³/mol. The molecule has 1 aromatic heterocycles. The lowest BCUT2D eigenvalue weighted by atomic mass is 10.1. The zero-order valence-electron chi connectivity index (χ0n) is 10.4. The van der Waals surface area contributed by atoms with Crippen LogP contribution in [0.4, 0.5) is 0 Å². The highest BCUT2D eigenvalue weighted by Gasteiger charge is 2.29. The summed E-state index contributed by atoms with van der Waals surface area (Å²) in [5.74, 6) is 0.743. The predicted octanol–water partition coefficient (Wildman–Crippen LogP) is 2.41. The summed E-state index contributed by atoms with van der Waals surface area (Å²) in [7, 11) is 0. The van der Waals surface area contributed by atoms with E-state index in [0.29, 0.717) is 6.04 Å². The van der Waals surface area contributed by atoms with E-state index in [2.05, 4.69) is 22.8 Å². The van der Waals surface area contributed by atoms with E-state index in [1.807, 2.05) is 6.08 Å². The van der Waals surface area contributed by atoms with Crippen molar-refractivity contribution in [3.63, 3.8) is 0 Å². The van der Waals surface area contributed by atoms with Crippen LogP contribution in [0.5, 0.6) is 0 Å². The van der Waals surface area contributed by atoms with Gasteiger partial charge >= 0.3 is 0 Å². The number of rotatable bonds is 4. The summed E-state index contributed by atoms with van der Waals surface area (Å²) in [4.78, 5) is 0. The van der Waals surface area contributed by atoms with Crippen LogP contribution in [0.1, 0.15) is 48.9 Å². The molecule has 0 spiro atoms. The molecular formula is C14H21N3. The molecule has 1 saturated heterocycles. The maximum Gasteiger partial charge on any atom is 0.0690 e. The lowest BCUT2D eigenvalue weighted by Crippen LogP contribution is -2.29. The van der Waals surface area contributed by atoms with Crippen LogP contribution in [0.15, 0.2) is 18.9 Å². The number of aromatic nitrogens is 2. The van der Waals surface area contributed by atoms with Crippen LogP contribution in [-0.2, 0) is 6.42 Å². The van der Waals surface area contributed by atoms with Gasteiger partial charge in [0.25, 0.3) is 0 Å². The van der Waals surface area contributed by atoms with Gasteiger partial charge in [0.05, 0.1) is 11.7 Å². The van der Waals surface area contributed by atoms with Crippen LogP contribution in [0.2, 0.25) is 0 Å². The quantitative estimate of drug-likeness (QED) is 0.806. The first-order valence-electron chi connectivity index (χ1n) is 6.78. The second-order valence-corrected chi connectivity index (χ2v) is 5.27. The molecule has 0 atom stereocenters. The van der Waals surface area contributed by atoms with Gasteiger partial charge in [0.15, 0.2) is 0 Å². The van der Waals surface area contributed by atoms with E-state index in [-0.39, 0.29) is 0 Å². The van der Waals surface area contributed by atoms with Crippen molar-refractivity contribution in [3.8, 4) is 0 Å². The van der Waals surface area contributed by atoms with Crippen LogP contribution in [0.3, 0.4) is 0 Å². The van der Waals surface area contributed by atoms with E-state index in [0.717, 1.165) is 25.4 Å². The lowest BCUT2D eigenvalue weighted by Gasteiger charge is -2.22. The number of hydrogen-bond acceptors (Lipinski definition) is 2. The Morgan fingerprint density at radius 3 is 2.76 bits per heavy atom. The Bertz CT molecular complexity index is 398. The monoisotopic (exact) mass is 231 g/mol. The molecule has 3 heteroatoms. The van der Waals surface area contributed by atoms with Crippen LogP contribution in [-0.4, -0.2) is 22.9 Å². The number of hydrogen-bond donors (Lipinski definition) is 1. The van der Waals surface area contributed by atoms with E-state index in [1.54, 1.807) is 0 Å². The van der Waals surface area contributed by atoms with Crippen LogP contribution in [0.25, 0.3) is 0 Å². The van der Waals surface area contributed by atoms with Crippen molar-refractivity contribution in [1.82, 2.24) is 15.1 Å². The molecule has 1 aliphatic heterocycles. The third-order valence-electron chi connectivity index (χ3n) is 3.85. The Balaban J connectivity index is 1.83. The summed E-state index contributed by atoms with van der Waals surface area (Å²) in [6.45, 7) is 6.10. The zero-order valence-corrected chi connectivity index (χ0v) is 10.4. The fraction of sp³-hybridized carbons (Fsp3) is 0.643. The minimum Gasteiger partial charge on any atom is -0.317 e. The molecular weight excluding hydrogens is 210 g/mol. The van der Waals surface area contributed by atoms with Crippen LogP contribution >= 0.6 is 0 Å². The molecule has 3 rings (SSSR count). The molecule has 0 radical (unpaired) electrons. The smallest absolute Gasteiger partial charge is 0.0690 e. The van der Waals surface area contributed by atoms with E-state index in [1.165, 1.54) is 36.9 Å². The Morgan fingerprint density at radius 2 is 2.12 bits per heavy atom. The van der Waals surface area contributed by atoms with Gasteiger partial charge in [-0.2, -0.15) is 5.10 Å². The average Bonchev–Trinajstić information content (AvgIpc) is 3.13. The summed E-state index contributed by atoms with van der Waals surface area (Å²) in [6, 6.07) is 0.604. The largest absolute Gasteiger partial charge is 0.317 e. The van der Waals surface area contributed by atoms with E-state index in [4.69, 9.17) is 5.10 Å². The first-order valence-corrected chi connectivity index (χ1v) is 6.78. The summed E-state index contributed by atoms with van der Waals surface area (Å²) < 4.78 is 2.23. The van der Waals surface area contributed by atoms with Crippen molar-refractivity contribution in [3.05, 3.63) is 30.1 Å². The Morgan fingerprint density at radius 1 is 1.35 bits per heavy atom. The van der Waals surface area contributed by atoms with Crippen LogP contribution in [0, 0.1) is 0 Å². The Hall–Kier alpha value is -1.09. The first-order chi connectivity index (χ1) is 8.38. The highest BCUT2D eigenvalue weighted by atomic mass is 15.3. The molecule has 2 heterocycles. The van der Waals surface area contributed by atoms with Gasteiger partial charge in [0.1, 0.15) is 0 Å². The lowest BCUT2D eigenvalue weighted by molar-refractivity contribution is 0.341. The van der Waals surface area contributed by atoms with Gasteiger partial charge in [-0.25, -0.2) is 0 Å². The minimum atomic E-state index is 0.604. The molecule has 3 nitrogen and oxygen atoms in total. The van der Waals surface area contributed by atoms with Gasteiger partial charge in [-0.05, 0) is 50.8 Å². The summed E-state index contributed by atoms with van der Waals surface area (Å²) in [6.07, 6.45) is 10.3. The van der Waals surface area contributed by atoms with Gasteiger partial charge in [0, 0.05) is 12.1 Å². The summed E-state index contributed by atoms with van der Waals surface area (Å²) in [5, 5.41) is 8.26. The molecule has 2 fully saturated rings. The number of allylic oxidation sites excluding steroid dienone is 1. The molecule has 2 aliphatic rings. The van der Waals surface area contributed by atoms with Gasteiger partial charge in [-0.15, -0.1) is 6.58 Å². The third kappa shape index (κ3) is 2.29. The van der Waals surface area contributed by atoms with Gasteiger partial charge in [-0.3, -0.25) is 4.68 Å². The summed E-state index contributed by atoms with van der Waals surface area (Å²) in [5.41, 5.74) is 2.75. The van der Waals surface area contributed by atoms with E-state index < -0.39 is 0 Å². The highest BCUT2D eigenvalue weighted by Crippen LogP contribution is 2.41. The Kier molecular flexibility index (Phi) is 3.02. The highest BCUT2D eigenvalue weighted by molar-refractivity contribution is 5.26. The Labute approximate surface area is 103 Å². The summed E-state index contributed by atoms with van der Waals surface area (Å²) >= 11 is 0. The molecule has 92 valence electrons. The van der Waals surface area contributed by atoms with Gasteiger partial charge in [-0.1, -0.05) is 6.08 Å². The second kappa shape index (κ2) is 4.65. The molecule has 0 aromatic carbocycles. The number of nitrogens with zero attached hydrogens (tertiary/aromatic N) is 2. The molecule has 1 aromatic rings. The van der Waals surface area contributed by atoms with Gasteiger partial charge < -0.3 is 5.32 Å². The fourth-order valence-electron chi connectivity index (χ4n) is 2.71. The zero-order chi connectivity index (χ0) is 11.7. The third-order valence-corrected chi connectivity index (χ3v) is 3.85. The molecule has 1 saturated carbocycles. The maximum atomic E-state index is 4.86. The van der Waals surface area contributed by atoms with Crippen molar-refractivity contribution < 1.29 is 0 Å². The first kappa shape index (κ1) is 11.0. The molecule has 17 heavy (non-hydrogen) atoms. The van der Waals surface area contributed by atoms with Crippen molar-refractivity contribution in [2.45, 2.75) is 44.1 Å². The van der Waals surface area contributed by atoms with E-state index >= 15 is 0 Å². The van der Waals surface area contributed by atoms with Crippen molar-refractivity contribution >= 4 is 0 Å². The standard InChI is InChI=1S/C14H21N3/c1-2-3-12-10-17(13-6-8-15-9-7-13)16-14(12)11-4-5-11/h2,10-11,13,15H,1,3-9H2. The number of piperidine rings is 1.